The number of ether oxygens (including phenoxy) is 1. The van der Waals surface area contributed by atoms with Crippen molar-refractivity contribution in [2.75, 3.05) is 39.4 Å². The maximum absolute atomic E-state index is 12.7. The molecule has 1 aliphatic heterocycles. The maximum Gasteiger partial charge on any atom is 0.275 e. The Bertz CT molecular complexity index is 719. The summed E-state index contributed by atoms with van der Waals surface area (Å²) in [5.74, 6) is -0.109. The van der Waals surface area contributed by atoms with Gasteiger partial charge in [-0.3, -0.25) is 14.7 Å². The van der Waals surface area contributed by atoms with E-state index in [1.165, 1.54) is 0 Å². The summed E-state index contributed by atoms with van der Waals surface area (Å²) in [6.07, 6.45) is 0.896. The summed E-state index contributed by atoms with van der Waals surface area (Å²) in [6, 6.07) is 7.57. The average molecular weight is 330 g/mol. The Morgan fingerprint density at radius 3 is 2.62 bits per heavy atom. The van der Waals surface area contributed by atoms with Gasteiger partial charge in [-0.25, -0.2) is 0 Å². The molecule has 0 radical (unpaired) electrons. The minimum absolute atomic E-state index is 0.0132. The molecular weight excluding hydrogens is 308 g/mol. The fourth-order valence-electron chi connectivity index (χ4n) is 2.83. The van der Waals surface area contributed by atoms with E-state index in [0.717, 1.165) is 17.3 Å². The number of aromatic nitrogens is 2. The highest BCUT2D eigenvalue weighted by molar-refractivity contribution is 6.04. The highest BCUT2D eigenvalue weighted by atomic mass is 16.5. The van der Waals surface area contributed by atoms with Crippen LogP contribution in [0.2, 0.25) is 0 Å². The summed E-state index contributed by atoms with van der Waals surface area (Å²) >= 11 is 0. The lowest BCUT2D eigenvalue weighted by Crippen LogP contribution is -2.51. The summed E-state index contributed by atoms with van der Waals surface area (Å²) in [7, 11) is 0. The molecule has 0 bridgehead atoms. The van der Waals surface area contributed by atoms with E-state index in [1.54, 1.807) is 9.80 Å². The van der Waals surface area contributed by atoms with Crippen LogP contribution in [0.25, 0.3) is 10.9 Å². The number of aromatic amines is 1. The van der Waals surface area contributed by atoms with Crippen molar-refractivity contribution < 1.29 is 14.3 Å². The van der Waals surface area contributed by atoms with Gasteiger partial charge in [0.2, 0.25) is 5.91 Å². The van der Waals surface area contributed by atoms with Crippen molar-refractivity contribution in [3.8, 4) is 0 Å². The third kappa shape index (κ3) is 3.41. The molecule has 3 rings (SSSR count). The first-order valence-electron chi connectivity index (χ1n) is 8.28. The van der Waals surface area contributed by atoms with Crippen molar-refractivity contribution in [3.05, 3.63) is 30.0 Å². The van der Waals surface area contributed by atoms with E-state index in [4.69, 9.17) is 4.74 Å². The van der Waals surface area contributed by atoms with Crippen LogP contribution >= 0.6 is 0 Å². The second-order valence-electron chi connectivity index (χ2n) is 5.84. The lowest BCUT2D eigenvalue weighted by atomic mass is 10.2. The highest BCUT2D eigenvalue weighted by Gasteiger charge is 2.26. The lowest BCUT2D eigenvalue weighted by molar-refractivity contribution is -0.137. The minimum atomic E-state index is -0.0956. The fraction of sp³-hybridized carbons (Fsp3) is 0.471. The zero-order valence-electron chi connectivity index (χ0n) is 13.8. The molecule has 1 aromatic heterocycles. The predicted octanol–water partition coefficient (Wildman–Crippen LogP) is 1.27. The van der Waals surface area contributed by atoms with E-state index in [1.807, 2.05) is 31.2 Å². The molecule has 7 heteroatoms. The van der Waals surface area contributed by atoms with E-state index < -0.39 is 0 Å². The van der Waals surface area contributed by atoms with Crippen molar-refractivity contribution in [1.29, 1.82) is 0 Å². The summed E-state index contributed by atoms with van der Waals surface area (Å²) in [5.41, 5.74) is 1.29. The molecule has 128 valence electrons. The third-order valence-corrected chi connectivity index (χ3v) is 4.17. The molecule has 1 aliphatic rings. The third-order valence-electron chi connectivity index (χ3n) is 4.17. The normalized spacial score (nSPS) is 15.0. The molecule has 0 aliphatic carbocycles. The number of nitrogens with one attached hydrogen (secondary N) is 1. The van der Waals surface area contributed by atoms with Gasteiger partial charge in [-0.2, -0.15) is 5.10 Å². The second kappa shape index (κ2) is 7.44. The van der Waals surface area contributed by atoms with Gasteiger partial charge >= 0.3 is 0 Å². The SMILES string of the molecule is CCCOCC(=O)N1CCN(C(=O)c2n[nH]c3ccccc23)CC1. The summed E-state index contributed by atoms with van der Waals surface area (Å²) < 4.78 is 5.29. The Morgan fingerprint density at radius 1 is 1.17 bits per heavy atom. The molecule has 0 saturated carbocycles. The molecule has 1 aromatic carbocycles. The van der Waals surface area contributed by atoms with Crippen LogP contribution in [0, 0.1) is 0 Å². The zero-order chi connectivity index (χ0) is 16.9. The van der Waals surface area contributed by atoms with E-state index in [2.05, 4.69) is 10.2 Å². The number of fused-ring (bicyclic) bond motifs is 1. The summed E-state index contributed by atoms with van der Waals surface area (Å²) in [6.45, 7) is 4.81. The molecule has 0 unspecified atom stereocenters. The number of para-hydroxylation sites is 1. The van der Waals surface area contributed by atoms with Gasteiger partial charge in [-0.15, -0.1) is 0 Å². The predicted molar refractivity (Wildman–Crippen MR) is 89.7 cm³/mol. The topological polar surface area (TPSA) is 78.5 Å². The standard InChI is InChI=1S/C17H22N4O3/c1-2-11-24-12-15(22)20-7-9-21(10-8-20)17(23)16-13-5-3-4-6-14(13)18-19-16/h3-6H,2,7-12H2,1H3,(H,18,19). The van der Waals surface area contributed by atoms with Gasteiger partial charge in [0.15, 0.2) is 5.69 Å². The molecular formula is C17H22N4O3. The van der Waals surface area contributed by atoms with E-state index in [9.17, 15) is 9.59 Å². The zero-order valence-corrected chi connectivity index (χ0v) is 13.8. The maximum atomic E-state index is 12.7. The number of piperazine rings is 1. The highest BCUT2D eigenvalue weighted by Crippen LogP contribution is 2.17. The van der Waals surface area contributed by atoms with E-state index in [0.29, 0.717) is 38.5 Å². The quantitative estimate of drug-likeness (QED) is 0.838. The minimum Gasteiger partial charge on any atom is -0.372 e. The van der Waals surface area contributed by atoms with Crippen molar-refractivity contribution in [3.63, 3.8) is 0 Å². The number of carbonyl (C=O) groups is 2. The van der Waals surface area contributed by atoms with Gasteiger partial charge in [0.05, 0.1) is 5.52 Å². The number of nitrogens with zero attached hydrogens (tertiary/aromatic N) is 3. The molecule has 24 heavy (non-hydrogen) atoms. The molecule has 1 saturated heterocycles. The first-order valence-corrected chi connectivity index (χ1v) is 8.28. The van der Waals surface area contributed by atoms with Gasteiger partial charge < -0.3 is 14.5 Å². The van der Waals surface area contributed by atoms with Gasteiger partial charge in [0, 0.05) is 38.2 Å². The van der Waals surface area contributed by atoms with Crippen LogP contribution in [-0.2, 0) is 9.53 Å². The first kappa shape index (κ1) is 16.4. The van der Waals surface area contributed by atoms with E-state index >= 15 is 0 Å². The van der Waals surface area contributed by atoms with Crippen molar-refractivity contribution in [2.24, 2.45) is 0 Å². The molecule has 2 amide bonds. The fourth-order valence-corrected chi connectivity index (χ4v) is 2.83. The number of benzene rings is 1. The van der Waals surface area contributed by atoms with Crippen LogP contribution in [0.5, 0.6) is 0 Å². The Morgan fingerprint density at radius 2 is 1.88 bits per heavy atom. The first-order chi connectivity index (χ1) is 11.7. The van der Waals surface area contributed by atoms with Crippen LogP contribution in [0.4, 0.5) is 0 Å². The second-order valence-corrected chi connectivity index (χ2v) is 5.84. The molecule has 1 fully saturated rings. The molecule has 2 heterocycles. The Balaban J connectivity index is 1.58. The Hall–Kier alpha value is -2.41. The van der Waals surface area contributed by atoms with Crippen molar-refractivity contribution >= 4 is 22.7 Å². The van der Waals surface area contributed by atoms with Crippen LogP contribution in [0.15, 0.2) is 24.3 Å². The monoisotopic (exact) mass is 330 g/mol. The number of H-pyrrole nitrogens is 1. The number of amides is 2. The smallest absolute Gasteiger partial charge is 0.275 e. The number of carbonyl (C=O) groups excluding carboxylic acids is 2. The van der Waals surface area contributed by atoms with E-state index in [-0.39, 0.29) is 18.4 Å². The molecule has 7 nitrogen and oxygen atoms in total. The number of hydrogen-bond donors (Lipinski definition) is 1. The van der Waals surface area contributed by atoms with Gasteiger partial charge in [0.1, 0.15) is 6.61 Å². The van der Waals surface area contributed by atoms with Crippen molar-refractivity contribution in [1.82, 2.24) is 20.0 Å². The van der Waals surface area contributed by atoms with Crippen LogP contribution in [0.3, 0.4) is 0 Å². The molecule has 2 aromatic rings. The van der Waals surface area contributed by atoms with Gasteiger partial charge in [0.25, 0.3) is 5.91 Å². The lowest BCUT2D eigenvalue weighted by Gasteiger charge is -2.34. The van der Waals surface area contributed by atoms with Crippen LogP contribution < -0.4 is 0 Å². The largest absolute Gasteiger partial charge is 0.372 e. The Kier molecular flexibility index (Phi) is 5.10. The number of rotatable bonds is 5. The summed E-state index contributed by atoms with van der Waals surface area (Å²) in [5, 5.41) is 7.87. The van der Waals surface area contributed by atoms with Gasteiger partial charge in [-0.05, 0) is 12.5 Å². The van der Waals surface area contributed by atoms with Crippen LogP contribution in [-0.4, -0.2) is 71.2 Å². The molecule has 1 N–H and O–H groups in total. The average Bonchev–Trinajstić information content (AvgIpc) is 3.05. The molecule has 0 spiro atoms. The van der Waals surface area contributed by atoms with Gasteiger partial charge in [-0.1, -0.05) is 25.1 Å². The summed E-state index contributed by atoms with van der Waals surface area (Å²) in [4.78, 5) is 28.2. The number of hydrogen-bond acceptors (Lipinski definition) is 4. The van der Waals surface area contributed by atoms with Crippen LogP contribution in [0.1, 0.15) is 23.8 Å². The van der Waals surface area contributed by atoms with Crippen molar-refractivity contribution in [2.45, 2.75) is 13.3 Å². The molecule has 0 atom stereocenters. The Labute approximate surface area is 140 Å².